The lowest BCUT2D eigenvalue weighted by atomic mass is 10.1. The summed E-state index contributed by atoms with van der Waals surface area (Å²) in [5.74, 6) is -0.305. The number of nitrogens with one attached hydrogen (secondary N) is 1. The van der Waals surface area contributed by atoms with Gasteiger partial charge in [0.1, 0.15) is 0 Å². The quantitative estimate of drug-likeness (QED) is 0.686. The van der Waals surface area contributed by atoms with Crippen molar-refractivity contribution in [1.82, 2.24) is 9.29 Å². The first-order valence-electron chi connectivity index (χ1n) is 9.13. The van der Waals surface area contributed by atoms with Crippen molar-refractivity contribution in [2.24, 2.45) is 0 Å². The molecule has 0 aliphatic carbocycles. The second-order valence-electron chi connectivity index (χ2n) is 6.45. The Hall–Kier alpha value is -2.77. The van der Waals surface area contributed by atoms with E-state index in [-0.39, 0.29) is 10.8 Å². The average molecular weight is 398 g/mol. The van der Waals surface area contributed by atoms with Crippen LogP contribution in [0.2, 0.25) is 0 Å². The summed E-state index contributed by atoms with van der Waals surface area (Å²) in [6, 6.07) is 13.6. The van der Waals surface area contributed by atoms with Crippen LogP contribution in [0.25, 0.3) is 10.9 Å². The van der Waals surface area contributed by atoms with E-state index >= 15 is 0 Å². The van der Waals surface area contributed by atoms with Gasteiger partial charge in [0.2, 0.25) is 10.0 Å². The summed E-state index contributed by atoms with van der Waals surface area (Å²) >= 11 is 0. The number of aryl methyl sites for hydroxylation is 1. The highest BCUT2D eigenvalue weighted by atomic mass is 32.2. The molecule has 7 heteroatoms. The second-order valence-corrected chi connectivity index (χ2v) is 8.38. The van der Waals surface area contributed by atoms with Crippen molar-refractivity contribution in [3.8, 4) is 0 Å². The second kappa shape index (κ2) is 8.08. The molecule has 1 heterocycles. The minimum atomic E-state index is -3.54. The summed E-state index contributed by atoms with van der Waals surface area (Å²) in [5, 5.41) is 3.75. The lowest BCUT2D eigenvalue weighted by molar-refractivity contribution is 0.102. The van der Waals surface area contributed by atoms with Gasteiger partial charge in [-0.2, -0.15) is 4.31 Å². The van der Waals surface area contributed by atoms with Gasteiger partial charge < -0.3 is 5.32 Å². The average Bonchev–Trinajstić information content (AvgIpc) is 2.69. The Bertz CT molecular complexity index is 1110. The Labute approximate surface area is 165 Å². The number of amides is 1. The fourth-order valence-electron chi connectivity index (χ4n) is 3.05. The molecule has 2 aromatic carbocycles. The number of rotatable bonds is 6. The summed E-state index contributed by atoms with van der Waals surface area (Å²) in [5.41, 5.74) is 2.92. The Morgan fingerprint density at radius 2 is 1.71 bits per heavy atom. The van der Waals surface area contributed by atoms with Crippen LogP contribution in [0.3, 0.4) is 0 Å². The number of fused-ring (bicyclic) bond motifs is 1. The summed E-state index contributed by atoms with van der Waals surface area (Å²) in [6.07, 6.45) is 1.65. The third-order valence-electron chi connectivity index (χ3n) is 4.60. The van der Waals surface area contributed by atoms with Crippen molar-refractivity contribution in [3.63, 3.8) is 0 Å². The van der Waals surface area contributed by atoms with E-state index in [4.69, 9.17) is 0 Å². The topological polar surface area (TPSA) is 79.4 Å². The molecule has 6 nitrogen and oxygen atoms in total. The zero-order chi connectivity index (χ0) is 20.3. The fraction of sp³-hybridized carbons (Fsp3) is 0.238. The van der Waals surface area contributed by atoms with Gasteiger partial charge in [-0.25, -0.2) is 8.42 Å². The Balaban J connectivity index is 1.86. The summed E-state index contributed by atoms with van der Waals surface area (Å²) in [7, 11) is -3.54. The predicted octanol–water partition coefficient (Wildman–Crippen LogP) is 3.83. The maximum atomic E-state index is 12.7. The van der Waals surface area contributed by atoms with Crippen molar-refractivity contribution < 1.29 is 13.2 Å². The molecule has 0 fully saturated rings. The van der Waals surface area contributed by atoms with Gasteiger partial charge in [0, 0.05) is 30.2 Å². The van der Waals surface area contributed by atoms with Crippen LogP contribution in [0.5, 0.6) is 0 Å². The van der Waals surface area contributed by atoms with Crippen LogP contribution >= 0.6 is 0 Å². The van der Waals surface area contributed by atoms with Crippen molar-refractivity contribution in [3.05, 3.63) is 65.9 Å². The highest BCUT2D eigenvalue weighted by Crippen LogP contribution is 2.23. The van der Waals surface area contributed by atoms with Crippen LogP contribution in [-0.2, 0) is 10.0 Å². The number of carbonyl (C=O) groups excluding carboxylic acids is 1. The molecule has 0 aliphatic heterocycles. The number of hydrogen-bond donors (Lipinski definition) is 1. The van der Waals surface area contributed by atoms with E-state index in [0.717, 1.165) is 16.5 Å². The van der Waals surface area contributed by atoms with Gasteiger partial charge >= 0.3 is 0 Å². The molecule has 3 aromatic rings. The first kappa shape index (κ1) is 20.0. The van der Waals surface area contributed by atoms with Gasteiger partial charge in [-0.15, -0.1) is 0 Å². The van der Waals surface area contributed by atoms with Gasteiger partial charge in [-0.3, -0.25) is 9.78 Å². The molecule has 146 valence electrons. The van der Waals surface area contributed by atoms with Crippen molar-refractivity contribution in [2.75, 3.05) is 18.4 Å². The molecule has 0 bridgehead atoms. The van der Waals surface area contributed by atoms with E-state index in [9.17, 15) is 13.2 Å². The highest BCUT2D eigenvalue weighted by Gasteiger charge is 2.21. The van der Waals surface area contributed by atoms with E-state index < -0.39 is 10.0 Å². The molecule has 3 rings (SSSR count). The lowest BCUT2D eigenvalue weighted by Gasteiger charge is -2.18. The molecule has 1 amide bonds. The van der Waals surface area contributed by atoms with Crippen LogP contribution < -0.4 is 5.32 Å². The molecule has 0 unspecified atom stereocenters. The molecular weight excluding hydrogens is 374 g/mol. The first-order chi connectivity index (χ1) is 13.4. The third-order valence-corrected chi connectivity index (χ3v) is 6.67. The van der Waals surface area contributed by atoms with Crippen molar-refractivity contribution in [2.45, 2.75) is 25.7 Å². The number of sulfonamides is 1. The van der Waals surface area contributed by atoms with Crippen LogP contribution in [0.1, 0.15) is 29.8 Å². The van der Waals surface area contributed by atoms with E-state index in [1.807, 2.05) is 25.1 Å². The monoisotopic (exact) mass is 397 g/mol. The van der Waals surface area contributed by atoms with E-state index in [0.29, 0.717) is 24.3 Å². The number of carbonyl (C=O) groups is 1. The Morgan fingerprint density at radius 1 is 1.04 bits per heavy atom. The van der Waals surface area contributed by atoms with E-state index in [1.165, 1.54) is 28.6 Å². The normalized spacial score (nSPS) is 11.7. The summed E-state index contributed by atoms with van der Waals surface area (Å²) < 4.78 is 26.5. The maximum Gasteiger partial charge on any atom is 0.255 e. The minimum Gasteiger partial charge on any atom is -0.321 e. The maximum absolute atomic E-state index is 12.7. The zero-order valence-corrected chi connectivity index (χ0v) is 17.0. The number of hydrogen-bond acceptors (Lipinski definition) is 4. The van der Waals surface area contributed by atoms with Crippen molar-refractivity contribution in [1.29, 1.82) is 0 Å². The Kier molecular flexibility index (Phi) is 5.76. The molecule has 0 saturated heterocycles. The zero-order valence-electron chi connectivity index (χ0n) is 16.1. The molecular formula is C21H23N3O3S. The molecule has 0 radical (unpaired) electrons. The van der Waals surface area contributed by atoms with E-state index in [1.54, 1.807) is 26.1 Å². The smallest absolute Gasteiger partial charge is 0.255 e. The van der Waals surface area contributed by atoms with Gasteiger partial charge in [0.15, 0.2) is 0 Å². The van der Waals surface area contributed by atoms with Gasteiger partial charge in [-0.05, 0) is 49.4 Å². The van der Waals surface area contributed by atoms with Crippen LogP contribution in [0, 0.1) is 6.92 Å². The molecule has 0 atom stereocenters. The van der Waals surface area contributed by atoms with Gasteiger partial charge in [-0.1, -0.05) is 25.5 Å². The summed E-state index contributed by atoms with van der Waals surface area (Å²) in [6.45, 7) is 6.37. The number of aromatic nitrogens is 1. The molecule has 1 aromatic heterocycles. The van der Waals surface area contributed by atoms with Gasteiger partial charge in [0.05, 0.1) is 16.1 Å². The van der Waals surface area contributed by atoms with Crippen LogP contribution in [0.4, 0.5) is 5.69 Å². The number of benzene rings is 2. The molecule has 1 N–H and O–H groups in total. The van der Waals surface area contributed by atoms with E-state index in [2.05, 4.69) is 10.3 Å². The predicted molar refractivity (Wildman–Crippen MR) is 111 cm³/mol. The van der Waals surface area contributed by atoms with Crippen LogP contribution in [0.15, 0.2) is 59.6 Å². The molecule has 0 spiro atoms. The van der Waals surface area contributed by atoms with Gasteiger partial charge in [0.25, 0.3) is 5.91 Å². The van der Waals surface area contributed by atoms with Crippen LogP contribution in [-0.4, -0.2) is 36.7 Å². The molecule has 0 saturated carbocycles. The highest BCUT2D eigenvalue weighted by molar-refractivity contribution is 7.89. The van der Waals surface area contributed by atoms with Crippen molar-refractivity contribution >= 4 is 32.5 Å². The standard InChI is InChI=1S/C21H23N3O3S/c1-4-24(5-2)28(26,27)17-9-7-16(8-10-17)21(25)23-20-12-13-22-19-11-6-15(3)14-18(19)20/h6-14H,4-5H2,1-3H3,(H,22,23,25). The number of nitrogens with zero attached hydrogens (tertiary/aromatic N) is 2. The first-order valence-corrected chi connectivity index (χ1v) is 10.6. The third kappa shape index (κ3) is 3.90. The largest absolute Gasteiger partial charge is 0.321 e. The fourth-order valence-corrected chi connectivity index (χ4v) is 4.51. The molecule has 0 aliphatic rings. The number of pyridine rings is 1. The minimum absolute atomic E-state index is 0.178. The SMILES string of the molecule is CCN(CC)S(=O)(=O)c1ccc(C(=O)Nc2ccnc3ccc(C)cc23)cc1. The number of anilines is 1. The lowest BCUT2D eigenvalue weighted by Crippen LogP contribution is -2.30. The summed E-state index contributed by atoms with van der Waals surface area (Å²) in [4.78, 5) is 17.1. The Morgan fingerprint density at radius 3 is 2.36 bits per heavy atom. The molecule has 28 heavy (non-hydrogen) atoms.